The minimum absolute atomic E-state index is 0.171. The molecule has 8 heteroatoms. The van der Waals surface area contributed by atoms with Gasteiger partial charge >= 0.3 is 5.63 Å². The van der Waals surface area contributed by atoms with Crippen LogP contribution in [0.25, 0.3) is 21.2 Å². The Morgan fingerprint density at radius 2 is 2.07 bits per heavy atom. The van der Waals surface area contributed by atoms with Gasteiger partial charge in [0.2, 0.25) is 0 Å². The van der Waals surface area contributed by atoms with E-state index in [2.05, 4.69) is 4.99 Å². The number of para-hydroxylation sites is 2. The SMILES string of the molecule is COCCn1c(=NC(=O)c2cc3ccccc3oc2=O)sc2cccc(F)c21. The van der Waals surface area contributed by atoms with E-state index in [4.69, 9.17) is 9.15 Å². The third kappa shape index (κ3) is 3.28. The van der Waals surface area contributed by atoms with Crippen molar-refractivity contribution in [3.05, 3.63) is 75.1 Å². The minimum atomic E-state index is -0.761. The number of carbonyl (C=O) groups is 1. The number of rotatable bonds is 4. The highest BCUT2D eigenvalue weighted by atomic mass is 32.1. The Bertz CT molecular complexity index is 1320. The number of fused-ring (bicyclic) bond motifs is 2. The van der Waals surface area contributed by atoms with Crippen molar-refractivity contribution in [1.82, 2.24) is 4.57 Å². The lowest BCUT2D eigenvalue weighted by atomic mass is 10.2. The highest BCUT2D eigenvalue weighted by Crippen LogP contribution is 2.20. The number of amides is 1. The van der Waals surface area contributed by atoms with E-state index in [1.165, 1.54) is 30.6 Å². The van der Waals surface area contributed by atoms with Gasteiger partial charge in [0, 0.05) is 19.0 Å². The van der Waals surface area contributed by atoms with Crippen molar-refractivity contribution in [2.45, 2.75) is 6.54 Å². The first-order chi connectivity index (χ1) is 13.6. The molecular weight excluding hydrogens is 383 g/mol. The molecule has 0 atom stereocenters. The molecule has 1 amide bonds. The second-order valence-corrected chi connectivity index (χ2v) is 7.03. The lowest BCUT2D eigenvalue weighted by molar-refractivity contribution is 0.0994. The van der Waals surface area contributed by atoms with Gasteiger partial charge in [0.25, 0.3) is 5.91 Å². The van der Waals surface area contributed by atoms with Gasteiger partial charge in [-0.25, -0.2) is 9.18 Å². The van der Waals surface area contributed by atoms with Crippen molar-refractivity contribution >= 4 is 38.4 Å². The first-order valence-corrected chi connectivity index (χ1v) is 9.29. The summed E-state index contributed by atoms with van der Waals surface area (Å²) in [6.07, 6.45) is 0. The molecular formula is C20H15FN2O4S. The van der Waals surface area contributed by atoms with E-state index in [9.17, 15) is 14.0 Å². The number of carbonyl (C=O) groups excluding carboxylic acids is 1. The van der Waals surface area contributed by atoms with Gasteiger partial charge < -0.3 is 13.7 Å². The Labute approximate surface area is 162 Å². The lowest BCUT2D eigenvalue weighted by Crippen LogP contribution is -2.21. The molecule has 4 aromatic rings. The van der Waals surface area contributed by atoms with E-state index < -0.39 is 17.3 Å². The number of hydrogen-bond donors (Lipinski definition) is 0. The summed E-state index contributed by atoms with van der Waals surface area (Å²) >= 11 is 1.17. The quantitative estimate of drug-likeness (QED) is 0.494. The number of aromatic nitrogens is 1. The number of thiazole rings is 1. The lowest BCUT2D eigenvalue weighted by Gasteiger charge is -2.04. The molecule has 0 N–H and O–H groups in total. The second kappa shape index (κ2) is 7.49. The van der Waals surface area contributed by atoms with Crippen molar-refractivity contribution < 1.29 is 18.3 Å². The first-order valence-electron chi connectivity index (χ1n) is 8.47. The van der Waals surface area contributed by atoms with Crippen LogP contribution in [-0.4, -0.2) is 24.2 Å². The predicted octanol–water partition coefficient (Wildman–Crippen LogP) is 3.34. The summed E-state index contributed by atoms with van der Waals surface area (Å²) in [5, 5.41) is 0.621. The molecule has 142 valence electrons. The molecule has 0 saturated heterocycles. The smallest absolute Gasteiger partial charge is 0.349 e. The molecule has 6 nitrogen and oxygen atoms in total. The second-order valence-electron chi connectivity index (χ2n) is 6.02. The Morgan fingerprint density at radius 1 is 1.25 bits per heavy atom. The molecule has 0 aliphatic rings. The Kier molecular flexibility index (Phi) is 4.89. The maximum Gasteiger partial charge on any atom is 0.349 e. The fraction of sp³-hybridized carbons (Fsp3) is 0.150. The van der Waals surface area contributed by atoms with Gasteiger partial charge in [0.1, 0.15) is 17.0 Å². The minimum Gasteiger partial charge on any atom is -0.422 e. The number of benzene rings is 2. The summed E-state index contributed by atoms with van der Waals surface area (Å²) in [5.74, 6) is -1.15. The van der Waals surface area contributed by atoms with E-state index in [1.54, 1.807) is 41.0 Å². The summed E-state index contributed by atoms with van der Waals surface area (Å²) in [4.78, 5) is 29.3. The molecule has 2 heterocycles. The third-order valence-corrected chi connectivity index (χ3v) is 5.28. The van der Waals surface area contributed by atoms with E-state index in [0.29, 0.717) is 34.3 Å². The standard InChI is InChI=1S/C20H15FN2O4S/c1-26-10-9-23-17-14(21)6-4-8-16(17)28-20(23)22-18(24)13-11-12-5-2-3-7-15(12)27-19(13)25/h2-8,11H,9-10H2,1H3. The Hall–Kier alpha value is -3.10. The van der Waals surface area contributed by atoms with Gasteiger partial charge in [0.15, 0.2) is 4.80 Å². The molecule has 0 aliphatic carbocycles. The molecule has 0 saturated carbocycles. The van der Waals surface area contributed by atoms with Crippen LogP contribution in [0.15, 0.2) is 62.7 Å². The van der Waals surface area contributed by atoms with Crippen LogP contribution in [-0.2, 0) is 11.3 Å². The maximum absolute atomic E-state index is 14.3. The zero-order valence-electron chi connectivity index (χ0n) is 14.8. The first kappa shape index (κ1) is 18.3. The van der Waals surface area contributed by atoms with Crippen molar-refractivity contribution in [2.75, 3.05) is 13.7 Å². The summed E-state index contributed by atoms with van der Waals surface area (Å²) in [7, 11) is 1.54. The zero-order valence-corrected chi connectivity index (χ0v) is 15.7. The molecule has 2 aromatic carbocycles. The van der Waals surface area contributed by atoms with Gasteiger partial charge in [-0.05, 0) is 24.3 Å². The average molecular weight is 398 g/mol. The van der Waals surface area contributed by atoms with E-state index in [-0.39, 0.29) is 10.4 Å². The third-order valence-electron chi connectivity index (χ3n) is 4.24. The summed E-state index contributed by atoms with van der Waals surface area (Å²) < 4.78 is 26.9. The maximum atomic E-state index is 14.3. The molecule has 0 bridgehead atoms. The fourth-order valence-electron chi connectivity index (χ4n) is 2.92. The van der Waals surface area contributed by atoms with E-state index in [0.717, 1.165) is 0 Å². The summed E-state index contributed by atoms with van der Waals surface area (Å²) in [5.41, 5.74) is -0.192. The topological polar surface area (TPSA) is 73.8 Å². The Balaban J connectivity index is 1.88. The number of methoxy groups -OCH3 is 1. The molecule has 4 rings (SSSR count). The predicted molar refractivity (Wildman–Crippen MR) is 104 cm³/mol. The number of halogens is 1. The summed E-state index contributed by atoms with van der Waals surface area (Å²) in [6.45, 7) is 0.634. The van der Waals surface area contributed by atoms with Crippen LogP contribution in [0.1, 0.15) is 10.4 Å². The largest absolute Gasteiger partial charge is 0.422 e. The normalized spacial score (nSPS) is 12.1. The molecule has 0 fully saturated rings. The van der Waals surface area contributed by atoms with Crippen molar-refractivity contribution in [2.24, 2.45) is 4.99 Å². The van der Waals surface area contributed by atoms with Crippen LogP contribution in [0.2, 0.25) is 0 Å². The van der Waals surface area contributed by atoms with Crippen molar-refractivity contribution in [3.8, 4) is 0 Å². The zero-order chi connectivity index (χ0) is 19.7. The van der Waals surface area contributed by atoms with Crippen LogP contribution >= 0.6 is 11.3 Å². The van der Waals surface area contributed by atoms with Crippen LogP contribution in [0, 0.1) is 5.82 Å². The van der Waals surface area contributed by atoms with Crippen molar-refractivity contribution in [1.29, 1.82) is 0 Å². The van der Waals surface area contributed by atoms with Gasteiger partial charge in [0.05, 0.1) is 16.8 Å². The van der Waals surface area contributed by atoms with Crippen LogP contribution < -0.4 is 10.4 Å². The number of nitrogens with zero attached hydrogens (tertiary/aromatic N) is 2. The van der Waals surface area contributed by atoms with Crippen LogP contribution in [0.3, 0.4) is 0 Å². The van der Waals surface area contributed by atoms with Crippen molar-refractivity contribution in [3.63, 3.8) is 0 Å². The molecule has 28 heavy (non-hydrogen) atoms. The van der Waals surface area contributed by atoms with E-state index in [1.807, 2.05) is 0 Å². The highest BCUT2D eigenvalue weighted by Gasteiger charge is 2.16. The number of hydrogen-bond acceptors (Lipinski definition) is 5. The number of ether oxygens (including phenoxy) is 1. The van der Waals surface area contributed by atoms with E-state index >= 15 is 0 Å². The monoisotopic (exact) mass is 398 g/mol. The van der Waals surface area contributed by atoms with Crippen LogP contribution in [0.5, 0.6) is 0 Å². The highest BCUT2D eigenvalue weighted by molar-refractivity contribution is 7.16. The average Bonchev–Trinajstić information content (AvgIpc) is 3.04. The fourth-order valence-corrected chi connectivity index (χ4v) is 3.99. The molecule has 0 radical (unpaired) electrons. The van der Waals surface area contributed by atoms with Gasteiger partial charge in [-0.2, -0.15) is 4.99 Å². The van der Waals surface area contributed by atoms with Gasteiger partial charge in [-0.3, -0.25) is 4.79 Å². The molecule has 2 aromatic heterocycles. The van der Waals surface area contributed by atoms with Gasteiger partial charge in [-0.15, -0.1) is 0 Å². The molecule has 0 aliphatic heterocycles. The summed E-state index contributed by atoms with van der Waals surface area (Å²) in [6, 6.07) is 13.1. The van der Waals surface area contributed by atoms with Gasteiger partial charge in [-0.1, -0.05) is 35.6 Å². The van der Waals surface area contributed by atoms with Crippen LogP contribution in [0.4, 0.5) is 4.39 Å². The molecule has 0 spiro atoms. The molecule has 0 unspecified atom stereocenters. The Morgan fingerprint density at radius 3 is 2.89 bits per heavy atom.